The number of thioether (sulfide) groups is 1. The fourth-order valence-corrected chi connectivity index (χ4v) is 3.79. The van der Waals surface area contributed by atoms with Crippen LogP contribution < -0.4 is 5.32 Å². The van der Waals surface area contributed by atoms with Crippen molar-refractivity contribution in [2.24, 2.45) is 5.92 Å². The summed E-state index contributed by atoms with van der Waals surface area (Å²) in [5.74, 6) is 0.278. The highest BCUT2D eigenvalue weighted by Gasteiger charge is 2.25. The molecule has 0 radical (unpaired) electrons. The molecule has 1 amide bonds. The molecule has 1 fully saturated rings. The van der Waals surface area contributed by atoms with Crippen molar-refractivity contribution >= 4 is 23.4 Å². The van der Waals surface area contributed by atoms with Crippen LogP contribution in [0.5, 0.6) is 0 Å². The maximum atomic E-state index is 12.5. The fraction of sp³-hybridized carbons (Fsp3) is 0.381. The predicted molar refractivity (Wildman–Crippen MR) is 106 cm³/mol. The normalized spacial score (nSPS) is 15.9. The van der Waals surface area contributed by atoms with E-state index in [1.165, 1.54) is 16.0 Å². The van der Waals surface area contributed by atoms with Gasteiger partial charge in [-0.3, -0.25) is 9.69 Å². The van der Waals surface area contributed by atoms with E-state index in [-0.39, 0.29) is 11.8 Å². The molecule has 132 valence electrons. The first-order valence-corrected chi connectivity index (χ1v) is 10.1. The van der Waals surface area contributed by atoms with E-state index in [1.54, 1.807) is 11.8 Å². The van der Waals surface area contributed by atoms with Gasteiger partial charge in [0.2, 0.25) is 5.91 Å². The van der Waals surface area contributed by atoms with Gasteiger partial charge in [-0.15, -0.1) is 11.8 Å². The van der Waals surface area contributed by atoms with E-state index in [4.69, 9.17) is 0 Å². The lowest BCUT2D eigenvalue weighted by molar-refractivity contribution is -0.121. The number of carbonyl (C=O) groups excluding carboxylic acids is 1. The third-order valence-electron chi connectivity index (χ3n) is 4.95. The molecule has 1 saturated heterocycles. The lowest BCUT2D eigenvalue weighted by Crippen LogP contribution is -2.37. The van der Waals surface area contributed by atoms with Crippen molar-refractivity contribution in [3.8, 4) is 0 Å². The fourth-order valence-electron chi connectivity index (χ4n) is 3.33. The van der Waals surface area contributed by atoms with Gasteiger partial charge in [-0.1, -0.05) is 30.3 Å². The van der Waals surface area contributed by atoms with Crippen LogP contribution in [0.1, 0.15) is 24.0 Å². The second kappa shape index (κ2) is 8.54. The van der Waals surface area contributed by atoms with E-state index in [1.807, 2.05) is 24.5 Å². The van der Waals surface area contributed by atoms with Gasteiger partial charge in [0.15, 0.2) is 0 Å². The summed E-state index contributed by atoms with van der Waals surface area (Å²) in [7, 11) is 0. The Bertz CT molecular complexity index is 723. The lowest BCUT2D eigenvalue weighted by atomic mass is 9.95. The highest BCUT2D eigenvalue weighted by Crippen LogP contribution is 2.23. The van der Waals surface area contributed by atoms with Gasteiger partial charge in [0.25, 0.3) is 0 Å². The number of piperidine rings is 1. The molecule has 0 spiro atoms. The molecule has 2 aromatic rings. The van der Waals surface area contributed by atoms with Crippen molar-refractivity contribution in [3.05, 3.63) is 59.7 Å². The van der Waals surface area contributed by atoms with Gasteiger partial charge >= 0.3 is 0 Å². The van der Waals surface area contributed by atoms with Gasteiger partial charge in [-0.05, 0) is 68.4 Å². The molecule has 4 heteroatoms. The van der Waals surface area contributed by atoms with Crippen LogP contribution in [-0.2, 0) is 11.3 Å². The maximum absolute atomic E-state index is 12.5. The van der Waals surface area contributed by atoms with Crippen LogP contribution in [0.4, 0.5) is 5.69 Å². The number of rotatable bonds is 5. The number of hydrogen-bond donors (Lipinski definition) is 1. The first kappa shape index (κ1) is 18.0. The molecular weight excluding hydrogens is 328 g/mol. The minimum atomic E-state index is 0.117. The summed E-state index contributed by atoms with van der Waals surface area (Å²) in [6.07, 6.45) is 3.91. The Labute approximate surface area is 154 Å². The van der Waals surface area contributed by atoms with Gasteiger partial charge in [0.05, 0.1) is 0 Å². The van der Waals surface area contributed by atoms with Crippen molar-refractivity contribution < 1.29 is 4.79 Å². The van der Waals surface area contributed by atoms with Crippen molar-refractivity contribution in [1.82, 2.24) is 4.90 Å². The molecule has 25 heavy (non-hydrogen) atoms. The Kier molecular flexibility index (Phi) is 6.16. The summed E-state index contributed by atoms with van der Waals surface area (Å²) in [5, 5.41) is 3.09. The van der Waals surface area contributed by atoms with Crippen molar-refractivity contribution in [1.29, 1.82) is 0 Å². The quantitative estimate of drug-likeness (QED) is 0.799. The van der Waals surface area contributed by atoms with E-state index in [9.17, 15) is 4.79 Å². The molecule has 0 aliphatic carbocycles. The number of hydrogen-bond acceptors (Lipinski definition) is 3. The van der Waals surface area contributed by atoms with Crippen LogP contribution in [0.25, 0.3) is 0 Å². The van der Waals surface area contributed by atoms with Gasteiger partial charge in [-0.25, -0.2) is 0 Å². The summed E-state index contributed by atoms with van der Waals surface area (Å²) in [6.45, 7) is 5.11. The van der Waals surface area contributed by atoms with E-state index in [0.29, 0.717) is 0 Å². The monoisotopic (exact) mass is 354 g/mol. The highest BCUT2D eigenvalue weighted by atomic mass is 32.2. The highest BCUT2D eigenvalue weighted by molar-refractivity contribution is 7.98. The molecule has 1 aliphatic rings. The summed E-state index contributed by atoms with van der Waals surface area (Å²) in [6, 6.07) is 16.6. The summed E-state index contributed by atoms with van der Waals surface area (Å²) in [5.41, 5.74) is 3.63. The van der Waals surface area contributed by atoms with Crippen molar-refractivity contribution in [3.63, 3.8) is 0 Å². The Balaban J connectivity index is 1.51. The zero-order valence-electron chi connectivity index (χ0n) is 15.0. The van der Waals surface area contributed by atoms with Crippen molar-refractivity contribution in [2.75, 3.05) is 24.7 Å². The molecule has 1 N–H and O–H groups in total. The molecule has 0 aromatic heterocycles. The van der Waals surface area contributed by atoms with E-state index < -0.39 is 0 Å². The second-order valence-corrected chi connectivity index (χ2v) is 7.58. The third kappa shape index (κ3) is 4.86. The van der Waals surface area contributed by atoms with Crippen molar-refractivity contribution in [2.45, 2.75) is 31.2 Å². The summed E-state index contributed by atoms with van der Waals surface area (Å²) >= 11 is 1.69. The minimum absolute atomic E-state index is 0.117. The maximum Gasteiger partial charge on any atom is 0.227 e. The lowest BCUT2D eigenvalue weighted by Gasteiger charge is -2.31. The SMILES string of the molecule is CSc1cccc(NC(=O)C2CCN(Cc3ccccc3C)CC2)c1. The third-order valence-corrected chi connectivity index (χ3v) is 5.68. The Morgan fingerprint density at radius 2 is 1.92 bits per heavy atom. The first-order valence-electron chi connectivity index (χ1n) is 8.87. The summed E-state index contributed by atoms with van der Waals surface area (Å²) < 4.78 is 0. The van der Waals surface area contributed by atoms with Gasteiger partial charge in [0, 0.05) is 23.0 Å². The zero-order chi connectivity index (χ0) is 17.6. The number of benzene rings is 2. The number of anilines is 1. The number of nitrogens with zero attached hydrogens (tertiary/aromatic N) is 1. The first-order chi connectivity index (χ1) is 12.2. The number of amides is 1. The minimum Gasteiger partial charge on any atom is -0.326 e. The Hall–Kier alpha value is -1.78. The molecule has 0 unspecified atom stereocenters. The van der Waals surface area contributed by atoms with Crippen LogP contribution in [-0.4, -0.2) is 30.2 Å². The number of aryl methyl sites for hydroxylation is 1. The van der Waals surface area contributed by atoms with Crippen LogP contribution in [0.2, 0.25) is 0 Å². The second-order valence-electron chi connectivity index (χ2n) is 6.70. The molecule has 1 aliphatic heterocycles. The largest absolute Gasteiger partial charge is 0.326 e. The molecule has 0 atom stereocenters. The number of likely N-dealkylation sites (tertiary alicyclic amines) is 1. The average molecular weight is 355 g/mol. The van der Waals surface area contributed by atoms with Gasteiger partial charge in [0.1, 0.15) is 0 Å². The molecule has 0 saturated carbocycles. The number of nitrogens with one attached hydrogen (secondary N) is 1. The molecule has 3 nitrogen and oxygen atoms in total. The summed E-state index contributed by atoms with van der Waals surface area (Å²) in [4.78, 5) is 16.2. The molecule has 2 aromatic carbocycles. The van der Waals surface area contributed by atoms with E-state index in [0.717, 1.165) is 38.2 Å². The molecule has 1 heterocycles. The molecular formula is C21H26N2OS. The smallest absolute Gasteiger partial charge is 0.227 e. The van der Waals surface area contributed by atoms with Crippen LogP contribution >= 0.6 is 11.8 Å². The van der Waals surface area contributed by atoms with Crippen LogP contribution in [0.3, 0.4) is 0 Å². The average Bonchev–Trinajstić information content (AvgIpc) is 2.64. The Morgan fingerprint density at radius 1 is 1.16 bits per heavy atom. The van der Waals surface area contributed by atoms with Crippen LogP contribution in [0.15, 0.2) is 53.4 Å². The molecule has 3 rings (SSSR count). The van der Waals surface area contributed by atoms with Gasteiger partial charge in [-0.2, -0.15) is 0 Å². The topological polar surface area (TPSA) is 32.3 Å². The molecule has 0 bridgehead atoms. The van der Waals surface area contributed by atoms with Crippen LogP contribution in [0, 0.1) is 12.8 Å². The van der Waals surface area contributed by atoms with Gasteiger partial charge < -0.3 is 5.32 Å². The zero-order valence-corrected chi connectivity index (χ0v) is 15.8. The predicted octanol–water partition coefficient (Wildman–Crippen LogP) is 4.57. The van der Waals surface area contributed by atoms with E-state index in [2.05, 4.69) is 47.5 Å². The Morgan fingerprint density at radius 3 is 2.64 bits per heavy atom. The van der Waals surface area contributed by atoms with E-state index >= 15 is 0 Å². The standard InChI is InChI=1S/C21H26N2OS/c1-16-6-3-4-7-18(16)15-23-12-10-17(11-13-23)21(24)22-19-8-5-9-20(14-19)25-2/h3-9,14,17H,10-13,15H2,1-2H3,(H,22,24). The number of carbonyl (C=O) groups is 1.